The molecule has 98 valence electrons. The minimum atomic E-state index is -0.147. The van der Waals surface area contributed by atoms with Crippen molar-refractivity contribution in [3.63, 3.8) is 0 Å². The molecule has 2 aromatic rings. The Morgan fingerprint density at radius 1 is 1.32 bits per heavy atom. The molecule has 5 heteroatoms. The van der Waals surface area contributed by atoms with Crippen molar-refractivity contribution < 1.29 is 4.79 Å². The molecule has 0 aliphatic heterocycles. The SMILES string of the molecule is CNCc1cc(C(=O)Nc2ccccc2Br)ccn1. The Bertz CT molecular complexity index is 586. The van der Waals surface area contributed by atoms with Crippen LogP contribution in [0.3, 0.4) is 0 Å². The van der Waals surface area contributed by atoms with Crippen molar-refractivity contribution in [3.05, 3.63) is 58.3 Å². The largest absolute Gasteiger partial charge is 0.321 e. The number of nitrogens with one attached hydrogen (secondary N) is 2. The van der Waals surface area contributed by atoms with Gasteiger partial charge in [0.1, 0.15) is 0 Å². The number of rotatable bonds is 4. The van der Waals surface area contributed by atoms with Crippen LogP contribution in [0.5, 0.6) is 0 Å². The predicted octanol–water partition coefficient (Wildman–Crippen LogP) is 2.82. The maximum atomic E-state index is 12.1. The van der Waals surface area contributed by atoms with Crippen LogP contribution in [0.25, 0.3) is 0 Å². The normalized spacial score (nSPS) is 10.2. The van der Waals surface area contributed by atoms with Crippen molar-refractivity contribution in [2.45, 2.75) is 6.54 Å². The van der Waals surface area contributed by atoms with Crippen LogP contribution in [-0.2, 0) is 6.54 Å². The third-order valence-electron chi connectivity index (χ3n) is 2.56. The average Bonchev–Trinajstić information content (AvgIpc) is 2.42. The summed E-state index contributed by atoms with van der Waals surface area (Å²) in [5.74, 6) is -0.147. The molecule has 0 atom stereocenters. The second kappa shape index (κ2) is 6.45. The Kier molecular flexibility index (Phi) is 4.65. The molecule has 19 heavy (non-hydrogen) atoms. The highest BCUT2D eigenvalue weighted by Crippen LogP contribution is 2.21. The fourth-order valence-electron chi connectivity index (χ4n) is 1.65. The minimum Gasteiger partial charge on any atom is -0.321 e. The van der Waals surface area contributed by atoms with Gasteiger partial charge in [0.25, 0.3) is 5.91 Å². The summed E-state index contributed by atoms with van der Waals surface area (Å²) in [7, 11) is 1.84. The van der Waals surface area contributed by atoms with Gasteiger partial charge in [-0.05, 0) is 47.2 Å². The molecule has 1 aromatic heterocycles. The molecular formula is C14H14BrN3O. The van der Waals surface area contributed by atoms with Gasteiger partial charge < -0.3 is 10.6 Å². The molecule has 2 rings (SSSR count). The average molecular weight is 320 g/mol. The van der Waals surface area contributed by atoms with Crippen LogP contribution in [0.1, 0.15) is 16.1 Å². The molecule has 0 saturated heterocycles. The molecule has 0 fully saturated rings. The number of hydrogen-bond donors (Lipinski definition) is 2. The van der Waals surface area contributed by atoms with Gasteiger partial charge in [-0.2, -0.15) is 0 Å². The van der Waals surface area contributed by atoms with Gasteiger partial charge in [0.05, 0.1) is 11.4 Å². The van der Waals surface area contributed by atoms with E-state index in [2.05, 4.69) is 31.5 Å². The first kappa shape index (κ1) is 13.7. The summed E-state index contributed by atoms with van der Waals surface area (Å²) in [6.45, 7) is 0.635. The lowest BCUT2D eigenvalue weighted by Crippen LogP contribution is -2.14. The Hall–Kier alpha value is -1.72. The van der Waals surface area contributed by atoms with E-state index in [-0.39, 0.29) is 5.91 Å². The lowest BCUT2D eigenvalue weighted by atomic mass is 10.2. The van der Waals surface area contributed by atoms with Gasteiger partial charge in [0.2, 0.25) is 0 Å². The molecule has 0 unspecified atom stereocenters. The number of anilines is 1. The first-order valence-corrected chi connectivity index (χ1v) is 6.65. The maximum absolute atomic E-state index is 12.1. The lowest BCUT2D eigenvalue weighted by molar-refractivity contribution is 0.102. The zero-order chi connectivity index (χ0) is 13.7. The first-order chi connectivity index (χ1) is 9.20. The number of carbonyl (C=O) groups excluding carboxylic acids is 1. The number of nitrogens with zero attached hydrogens (tertiary/aromatic N) is 1. The van der Waals surface area contributed by atoms with Crippen LogP contribution in [0.2, 0.25) is 0 Å². The Balaban J connectivity index is 2.16. The summed E-state index contributed by atoms with van der Waals surface area (Å²) >= 11 is 3.40. The van der Waals surface area contributed by atoms with E-state index in [0.717, 1.165) is 15.9 Å². The number of para-hydroxylation sites is 1. The zero-order valence-corrected chi connectivity index (χ0v) is 12.1. The van der Waals surface area contributed by atoms with Crippen molar-refractivity contribution in [3.8, 4) is 0 Å². The first-order valence-electron chi connectivity index (χ1n) is 5.86. The van der Waals surface area contributed by atoms with E-state index in [1.165, 1.54) is 0 Å². The van der Waals surface area contributed by atoms with Crippen LogP contribution >= 0.6 is 15.9 Å². The summed E-state index contributed by atoms with van der Waals surface area (Å²) in [5, 5.41) is 5.87. The third kappa shape index (κ3) is 3.62. The number of aromatic nitrogens is 1. The summed E-state index contributed by atoms with van der Waals surface area (Å²) < 4.78 is 0.854. The lowest BCUT2D eigenvalue weighted by Gasteiger charge is -2.08. The molecule has 4 nitrogen and oxygen atoms in total. The molecule has 0 aliphatic carbocycles. The zero-order valence-electron chi connectivity index (χ0n) is 10.5. The second-order valence-corrected chi connectivity index (χ2v) is 4.85. The van der Waals surface area contributed by atoms with Crippen LogP contribution in [0.4, 0.5) is 5.69 Å². The van der Waals surface area contributed by atoms with Crippen molar-refractivity contribution in [1.29, 1.82) is 0 Å². The second-order valence-electron chi connectivity index (χ2n) is 4.00. The van der Waals surface area contributed by atoms with Crippen LogP contribution < -0.4 is 10.6 Å². The number of hydrogen-bond acceptors (Lipinski definition) is 3. The van der Waals surface area contributed by atoms with Crippen LogP contribution in [-0.4, -0.2) is 17.9 Å². The molecule has 1 heterocycles. The van der Waals surface area contributed by atoms with E-state index in [4.69, 9.17) is 0 Å². The third-order valence-corrected chi connectivity index (χ3v) is 3.25. The van der Waals surface area contributed by atoms with Gasteiger partial charge in [-0.1, -0.05) is 12.1 Å². The summed E-state index contributed by atoms with van der Waals surface area (Å²) in [5.41, 5.74) is 2.18. The predicted molar refractivity (Wildman–Crippen MR) is 79.1 cm³/mol. The van der Waals surface area contributed by atoms with Crippen molar-refractivity contribution in [1.82, 2.24) is 10.3 Å². The molecule has 2 N–H and O–H groups in total. The Morgan fingerprint density at radius 2 is 2.11 bits per heavy atom. The number of amides is 1. The van der Waals surface area contributed by atoms with E-state index in [1.54, 1.807) is 18.3 Å². The number of halogens is 1. The molecular weight excluding hydrogens is 306 g/mol. The highest BCUT2D eigenvalue weighted by molar-refractivity contribution is 9.10. The molecule has 0 bridgehead atoms. The molecule has 0 radical (unpaired) electrons. The summed E-state index contributed by atoms with van der Waals surface area (Å²) in [6.07, 6.45) is 1.64. The Labute approximate surface area is 120 Å². The quantitative estimate of drug-likeness (QED) is 0.911. The summed E-state index contributed by atoms with van der Waals surface area (Å²) in [6, 6.07) is 11.0. The molecule has 0 spiro atoms. The van der Waals surface area contributed by atoms with E-state index < -0.39 is 0 Å². The standard InChI is InChI=1S/C14H14BrN3O/c1-16-9-11-8-10(6-7-17-11)14(19)18-13-5-3-2-4-12(13)15/h2-8,16H,9H2,1H3,(H,18,19). The van der Waals surface area contributed by atoms with Crippen molar-refractivity contribution >= 4 is 27.5 Å². The van der Waals surface area contributed by atoms with E-state index in [0.29, 0.717) is 12.1 Å². The van der Waals surface area contributed by atoms with E-state index in [9.17, 15) is 4.79 Å². The molecule has 0 aliphatic rings. The van der Waals surface area contributed by atoms with Crippen LogP contribution in [0, 0.1) is 0 Å². The highest BCUT2D eigenvalue weighted by atomic mass is 79.9. The topological polar surface area (TPSA) is 54.0 Å². The molecule has 0 saturated carbocycles. The summed E-state index contributed by atoms with van der Waals surface area (Å²) in [4.78, 5) is 16.3. The van der Waals surface area contributed by atoms with Crippen molar-refractivity contribution in [2.24, 2.45) is 0 Å². The van der Waals surface area contributed by atoms with E-state index >= 15 is 0 Å². The molecule has 1 aromatic carbocycles. The number of pyridine rings is 1. The monoisotopic (exact) mass is 319 g/mol. The van der Waals surface area contributed by atoms with Crippen molar-refractivity contribution in [2.75, 3.05) is 12.4 Å². The van der Waals surface area contributed by atoms with Gasteiger partial charge in [-0.25, -0.2) is 0 Å². The molecule has 1 amide bonds. The smallest absolute Gasteiger partial charge is 0.255 e. The number of benzene rings is 1. The van der Waals surface area contributed by atoms with Gasteiger partial charge >= 0.3 is 0 Å². The maximum Gasteiger partial charge on any atom is 0.255 e. The number of carbonyl (C=O) groups is 1. The highest BCUT2D eigenvalue weighted by Gasteiger charge is 2.08. The fraction of sp³-hybridized carbons (Fsp3) is 0.143. The Morgan fingerprint density at radius 3 is 2.84 bits per heavy atom. The fourth-order valence-corrected chi connectivity index (χ4v) is 2.04. The van der Waals surface area contributed by atoms with Gasteiger partial charge in [0.15, 0.2) is 0 Å². The van der Waals surface area contributed by atoms with Gasteiger partial charge in [-0.15, -0.1) is 0 Å². The van der Waals surface area contributed by atoms with Crippen LogP contribution in [0.15, 0.2) is 47.1 Å². The van der Waals surface area contributed by atoms with Gasteiger partial charge in [0, 0.05) is 22.8 Å². The van der Waals surface area contributed by atoms with E-state index in [1.807, 2.05) is 31.3 Å². The minimum absolute atomic E-state index is 0.147. The van der Waals surface area contributed by atoms with Gasteiger partial charge in [-0.3, -0.25) is 9.78 Å².